The maximum Gasteiger partial charge on any atom is 0.224 e. The van der Waals surface area contributed by atoms with Gasteiger partial charge in [-0.1, -0.05) is 103 Å². The third-order valence-corrected chi connectivity index (χ3v) is 5.24. The van der Waals surface area contributed by atoms with Crippen LogP contribution < -0.4 is 9.88 Å². The van der Waals surface area contributed by atoms with E-state index in [1.54, 1.807) is 0 Å². The third-order valence-electron chi connectivity index (χ3n) is 5.24. The number of nitrogens with zero attached hydrogens (tertiary/aromatic N) is 1. The molecule has 0 aliphatic rings. The van der Waals surface area contributed by atoms with E-state index < -0.39 is 10.4 Å². The van der Waals surface area contributed by atoms with Gasteiger partial charge >= 0.3 is 0 Å². The summed E-state index contributed by atoms with van der Waals surface area (Å²) in [5.41, 5.74) is 0. The van der Waals surface area contributed by atoms with Crippen LogP contribution in [0.4, 0.5) is 0 Å². The Hall–Kier alpha value is -1.51. The van der Waals surface area contributed by atoms with Gasteiger partial charge in [0.15, 0.2) is 12.4 Å². The summed E-state index contributed by atoms with van der Waals surface area (Å²) in [7, 11) is -4.92. The summed E-state index contributed by atoms with van der Waals surface area (Å²) in [5, 5.41) is 2.97. The number of pyridine rings is 1. The molecular formula is C24H44N2O5S. The van der Waals surface area contributed by atoms with E-state index in [1.165, 1.54) is 89.9 Å². The molecule has 1 aromatic rings. The SMILES string of the molecule is CCCCCCCCCCCCCCCCCC(=O)NC[n+]1ccccc1.O=S(=O)([O-])O. The summed E-state index contributed by atoms with van der Waals surface area (Å²) in [6, 6.07) is 5.93. The minimum absolute atomic E-state index is 0.168. The minimum Gasteiger partial charge on any atom is -0.726 e. The Balaban J connectivity index is 0.00000172. The molecule has 0 spiro atoms. The molecule has 32 heavy (non-hydrogen) atoms. The van der Waals surface area contributed by atoms with Gasteiger partial charge in [-0.25, -0.2) is 8.42 Å². The fourth-order valence-corrected chi connectivity index (χ4v) is 3.46. The van der Waals surface area contributed by atoms with E-state index >= 15 is 0 Å². The van der Waals surface area contributed by atoms with Crippen molar-refractivity contribution >= 4 is 16.3 Å². The largest absolute Gasteiger partial charge is 0.726 e. The second-order valence-electron chi connectivity index (χ2n) is 8.28. The molecule has 0 radical (unpaired) electrons. The summed E-state index contributed by atoms with van der Waals surface area (Å²) < 4.78 is 34.8. The highest BCUT2D eigenvalue weighted by molar-refractivity contribution is 7.79. The molecule has 1 aromatic heterocycles. The molecule has 0 bridgehead atoms. The van der Waals surface area contributed by atoms with E-state index in [0.717, 1.165) is 6.42 Å². The number of carbonyl (C=O) groups excluding carboxylic acids is 1. The van der Waals surface area contributed by atoms with Crippen molar-refractivity contribution in [3.63, 3.8) is 0 Å². The molecular weight excluding hydrogens is 428 g/mol. The van der Waals surface area contributed by atoms with E-state index in [9.17, 15) is 4.79 Å². The molecule has 0 unspecified atom stereocenters. The molecule has 7 nitrogen and oxygen atoms in total. The van der Waals surface area contributed by atoms with Gasteiger partial charge in [-0.05, 0) is 6.42 Å². The monoisotopic (exact) mass is 472 g/mol. The number of hydrogen-bond acceptors (Lipinski definition) is 4. The molecule has 1 amide bonds. The number of carbonyl (C=O) groups is 1. The molecule has 186 valence electrons. The van der Waals surface area contributed by atoms with E-state index in [0.29, 0.717) is 13.1 Å². The third kappa shape index (κ3) is 26.5. The highest BCUT2D eigenvalue weighted by Crippen LogP contribution is 2.13. The quantitative estimate of drug-likeness (QED) is 0.130. The predicted molar refractivity (Wildman–Crippen MR) is 127 cm³/mol. The topological polar surface area (TPSA) is 110 Å². The van der Waals surface area contributed by atoms with Crippen molar-refractivity contribution in [3.8, 4) is 0 Å². The predicted octanol–water partition coefficient (Wildman–Crippen LogP) is 5.31. The van der Waals surface area contributed by atoms with Crippen molar-refractivity contribution in [3.05, 3.63) is 30.6 Å². The first-order valence-electron chi connectivity index (χ1n) is 12.2. The highest BCUT2D eigenvalue weighted by atomic mass is 32.3. The zero-order chi connectivity index (χ0) is 23.9. The summed E-state index contributed by atoms with van der Waals surface area (Å²) >= 11 is 0. The first-order chi connectivity index (χ1) is 15.3. The second kappa shape index (κ2) is 21.3. The zero-order valence-electron chi connectivity index (χ0n) is 19.8. The van der Waals surface area contributed by atoms with Gasteiger partial charge in [-0.2, -0.15) is 4.57 Å². The summed E-state index contributed by atoms with van der Waals surface area (Å²) in [5.74, 6) is 0.168. The molecule has 0 aliphatic carbocycles. The van der Waals surface area contributed by atoms with Crippen LogP contribution in [0.25, 0.3) is 0 Å². The molecule has 1 heterocycles. The molecule has 2 N–H and O–H groups in total. The van der Waals surface area contributed by atoms with Crippen LogP contribution >= 0.6 is 0 Å². The van der Waals surface area contributed by atoms with Gasteiger partial charge < -0.3 is 9.87 Å². The van der Waals surface area contributed by atoms with Crippen LogP contribution in [0, 0.1) is 0 Å². The maximum absolute atomic E-state index is 11.8. The summed E-state index contributed by atoms with van der Waals surface area (Å²) in [6.45, 7) is 2.85. The molecule has 1 rings (SSSR count). The summed E-state index contributed by atoms with van der Waals surface area (Å²) in [6.07, 6.45) is 24.9. The molecule has 0 aromatic carbocycles. The van der Waals surface area contributed by atoms with Gasteiger partial charge in [-0.15, -0.1) is 0 Å². The van der Waals surface area contributed by atoms with Crippen LogP contribution in [0.1, 0.15) is 110 Å². The normalized spacial score (nSPS) is 11.0. The average Bonchev–Trinajstić information content (AvgIpc) is 2.74. The highest BCUT2D eigenvalue weighted by Gasteiger charge is 2.03. The average molecular weight is 473 g/mol. The standard InChI is InChI=1S/C24H42N2O.H2O4S/c1-2-3-4-5-6-7-8-9-10-11-12-13-14-15-17-20-24(27)25-23-26-21-18-16-19-22-26;1-5(2,3)4/h16,18-19,21-22H,2-15,17,20,23H2,1H3;(H2,1,2,3,4). The number of aromatic nitrogens is 1. The zero-order valence-corrected chi connectivity index (χ0v) is 20.7. The lowest BCUT2D eigenvalue weighted by atomic mass is 10.0. The Bertz CT molecular complexity index is 646. The smallest absolute Gasteiger partial charge is 0.224 e. The molecule has 8 heteroatoms. The Morgan fingerprint density at radius 3 is 1.56 bits per heavy atom. The number of nitrogens with one attached hydrogen (secondary N) is 1. The van der Waals surface area contributed by atoms with Crippen molar-refractivity contribution in [2.24, 2.45) is 0 Å². The lowest BCUT2D eigenvalue weighted by Gasteiger charge is -2.04. The van der Waals surface area contributed by atoms with Gasteiger partial charge in [0.05, 0.1) is 0 Å². The number of rotatable bonds is 18. The molecule has 0 aliphatic heterocycles. The van der Waals surface area contributed by atoms with E-state index in [2.05, 4.69) is 12.2 Å². The van der Waals surface area contributed by atoms with Crippen LogP contribution in [-0.2, 0) is 21.9 Å². The number of hydrogen-bond donors (Lipinski definition) is 2. The van der Waals surface area contributed by atoms with Crippen molar-refractivity contribution in [2.45, 2.75) is 116 Å². The van der Waals surface area contributed by atoms with Gasteiger partial charge in [0, 0.05) is 18.6 Å². The Morgan fingerprint density at radius 1 is 0.781 bits per heavy atom. The van der Waals surface area contributed by atoms with Crippen molar-refractivity contribution in [2.75, 3.05) is 0 Å². The first kappa shape index (κ1) is 30.5. The van der Waals surface area contributed by atoms with Gasteiger partial charge in [0.2, 0.25) is 23.0 Å². The van der Waals surface area contributed by atoms with Crippen LogP contribution in [0.15, 0.2) is 30.6 Å². The Morgan fingerprint density at radius 2 is 1.16 bits per heavy atom. The van der Waals surface area contributed by atoms with E-state index in [4.69, 9.17) is 17.5 Å². The summed E-state index contributed by atoms with van der Waals surface area (Å²) in [4.78, 5) is 11.8. The van der Waals surface area contributed by atoms with Crippen LogP contribution in [-0.4, -0.2) is 23.4 Å². The Kier molecular flexibility index (Phi) is 20.3. The van der Waals surface area contributed by atoms with Crippen LogP contribution in [0.5, 0.6) is 0 Å². The van der Waals surface area contributed by atoms with Crippen molar-refractivity contribution in [1.29, 1.82) is 0 Å². The van der Waals surface area contributed by atoms with E-state index in [-0.39, 0.29) is 5.91 Å². The number of unbranched alkanes of at least 4 members (excludes halogenated alkanes) is 14. The van der Waals surface area contributed by atoms with Crippen LogP contribution in [0.3, 0.4) is 0 Å². The lowest BCUT2D eigenvalue weighted by Crippen LogP contribution is -2.42. The Labute approximate surface area is 195 Å². The maximum atomic E-state index is 11.8. The lowest BCUT2D eigenvalue weighted by molar-refractivity contribution is -0.700. The first-order valence-corrected chi connectivity index (χ1v) is 13.6. The van der Waals surface area contributed by atoms with Crippen molar-refractivity contribution < 1.29 is 26.9 Å². The molecule has 0 atom stereocenters. The second-order valence-corrected chi connectivity index (χ2v) is 9.13. The van der Waals surface area contributed by atoms with Gasteiger partial charge in [0.1, 0.15) is 0 Å². The minimum atomic E-state index is -4.92. The fourth-order valence-electron chi connectivity index (χ4n) is 3.46. The van der Waals surface area contributed by atoms with Gasteiger partial charge in [-0.3, -0.25) is 9.35 Å². The fraction of sp³-hybridized carbons (Fsp3) is 0.750. The molecule has 0 fully saturated rings. The van der Waals surface area contributed by atoms with E-state index in [1.807, 2.05) is 35.2 Å². The van der Waals surface area contributed by atoms with Crippen molar-refractivity contribution in [1.82, 2.24) is 5.32 Å². The van der Waals surface area contributed by atoms with Crippen LogP contribution in [0.2, 0.25) is 0 Å². The van der Waals surface area contributed by atoms with Gasteiger partial charge in [0.25, 0.3) is 0 Å². The number of amides is 1. The molecule has 0 saturated heterocycles. The molecule has 0 saturated carbocycles.